The maximum absolute atomic E-state index is 13.0. The number of nitrogens with zero attached hydrogens (tertiary/aromatic N) is 4. The smallest absolute Gasteiger partial charge is 0.228 e. The standard InChI is InChI=1S/C22H26N4O2/c1-17-5-4-7-20(13-17)24-9-11-25(12-10-24)22(28)18-14-21(27)26(15-18)16-19-6-2-3-8-23-19/h2-8,13,18H,9-12,14-16H2,1H3. The summed E-state index contributed by atoms with van der Waals surface area (Å²) in [6.07, 6.45) is 2.04. The second-order valence-electron chi connectivity index (χ2n) is 7.65. The van der Waals surface area contributed by atoms with Gasteiger partial charge in [-0.2, -0.15) is 0 Å². The van der Waals surface area contributed by atoms with Crippen LogP contribution in [0.3, 0.4) is 0 Å². The van der Waals surface area contributed by atoms with Crippen LogP contribution in [-0.4, -0.2) is 59.3 Å². The van der Waals surface area contributed by atoms with E-state index in [1.807, 2.05) is 23.1 Å². The summed E-state index contributed by atoms with van der Waals surface area (Å²) in [7, 11) is 0. The van der Waals surface area contributed by atoms with Crippen LogP contribution in [0.25, 0.3) is 0 Å². The van der Waals surface area contributed by atoms with Crippen LogP contribution in [0.5, 0.6) is 0 Å². The molecule has 1 aromatic heterocycles. The van der Waals surface area contributed by atoms with Gasteiger partial charge in [0, 0.05) is 51.0 Å². The molecular formula is C22H26N4O2. The van der Waals surface area contributed by atoms with Crippen LogP contribution in [0.1, 0.15) is 17.7 Å². The lowest BCUT2D eigenvalue weighted by Crippen LogP contribution is -2.50. The van der Waals surface area contributed by atoms with Crippen LogP contribution < -0.4 is 4.90 Å². The van der Waals surface area contributed by atoms with Gasteiger partial charge in [0.15, 0.2) is 0 Å². The lowest BCUT2D eigenvalue weighted by molar-refractivity contribution is -0.136. The highest BCUT2D eigenvalue weighted by Gasteiger charge is 2.37. The molecule has 0 N–H and O–H groups in total. The van der Waals surface area contributed by atoms with Gasteiger partial charge in [0.1, 0.15) is 0 Å². The van der Waals surface area contributed by atoms with E-state index < -0.39 is 0 Å². The quantitative estimate of drug-likeness (QED) is 0.818. The van der Waals surface area contributed by atoms with Gasteiger partial charge in [-0.3, -0.25) is 14.6 Å². The minimum Gasteiger partial charge on any atom is -0.368 e. The number of pyridine rings is 1. The molecule has 2 amide bonds. The third-order valence-corrected chi connectivity index (χ3v) is 5.60. The van der Waals surface area contributed by atoms with Crippen LogP contribution in [0, 0.1) is 12.8 Å². The van der Waals surface area contributed by atoms with Crippen molar-refractivity contribution in [2.24, 2.45) is 5.92 Å². The maximum atomic E-state index is 13.0. The van der Waals surface area contributed by atoms with Crippen molar-refractivity contribution < 1.29 is 9.59 Å². The minimum atomic E-state index is -0.235. The van der Waals surface area contributed by atoms with Crippen LogP contribution >= 0.6 is 0 Å². The van der Waals surface area contributed by atoms with Gasteiger partial charge in [0.25, 0.3) is 0 Å². The van der Waals surface area contributed by atoms with Gasteiger partial charge in [0.2, 0.25) is 11.8 Å². The predicted molar refractivity (Wildman–Crippen MR) is 108 cm³/mol. The molecule has 3 heterocycles. The van der Waals surface area contributed by atoms with Crippen LogP contribution in [0.2, 0.25) is 0 Å². The Morgan fingerprint density at radius 2 is 1.93 bits per heavy atom. The summed E-state index contributed by atoms with van der Waals surface area (Å²) in [6.45, 7) is 6.13. The normalized spacial score (nSPS) is 20.0. The molecule has 2 aromatic rings. The Kier molecular flexibility index (Phi) is 5.28. The van der Waals surface area contributed by atoms with E-state index in [0.29, 0.717) is 32.6 Å². The second kappa shape index (κ2) is 8.00. The molecule has 4 rings (SSSR count). The number of anilines is 1. The van der Waals surface area contributed by atoms with Gasteiger partial charge < -0.3 is 14.7 Å². The second-order valence-corrected chi connectivity index (χ2v) is 7.65. The fourth-order valence-corrected chi connectivity index (χ4v) is 4.05. The summed E-state index contributed by atoms with van der Waals surface area (Å²) in [5.41, 5.74) is 3.31. The molecule has 2 saturated heterocycles. The number of carbonyl (C=O) groups excluding carboxylic acids is 2. The molecule has 1 unspecified atom stereocenters. The van der Waals surface area contributed by atoms with E-state index in [1.54, 1.807) is 11.1 Å². The summed E-state index contributed by atoms with van der Waals surface area (Å²) in [5.74, 6) is -0.0788. The SMILES string of the molecule is Cc1cccc(N2CCN(C(=O)C3CC(=O)N(Cc4ccccn4)C3)CC2)c1. The van der Waals surface area contributed by atoms with E-state index >= 15 is 0 Å². The van der Waals surface area contributed by atoms with E-state index in [0.717, 1.165) is 18.8 Å². The third-order valence-electron chi connectivity index (χ3n) is 5.60. The van der Waals surface area contributed by atoms with E-state index in [4.69, 9.17) is 0 Å². The first kappa shape index (κ1) is 18.5. The van der Waals surface area contributed by atoms with E-state index in [2.05, 4.69) is 41.1 Å². The zero-order valence-corrected chi connectivity index (χ0v) is 16.3. The highest BCUT2D eigenvalue weighted by molar-refractivity contribution is 5.89. The highest BCUT2D eigenvalue weighted by atomic mass is 16.2. The van der Waals surface area contributed by atoms with Crippen molar-refractivity contribution in [1.82, 2.24) is 14.8 Å². The first-order valence-corrected chi connectivity index (χ1v) is 9.88. The minimum absolute atomic E-state index is 0.0439. The number of likely N-dealkylation sites (tertiary alicyclic amines) is 1. The van der Waals surface area contributed by atoms with Gasteiger partial charge in [-0.1, -0.05) is 18.2 Å². The molecule has 0 aliphatic carbocycles. The van der Waals surface area contributed by atoms with E-state index in [9.17, 15) is 9.59 Å². The van der Waals surface area contributed by atoms with Crippen LogP contribution in [-0.2, 0) is 16.1 Å². The molecule has 0 radical (unpaired) electrons. The molecule has 146 valence electrons. The number of amides is 2. The lowest BCUT2D eigenvalue weighted by atomic mass is 10.1. The summed E-state index contributed by atoms with van der Waals surface area (Å²) >= 11 is 0. The van der Waals surface area contributed by atoms with Crippen molar-refractivity contribution in [1.29, 1.82) is 0 Å². The molecule has 28 heavy (non-hydrogen) atoms. The molecule has 2 aliphatic heterocycles. The fourth-order valence-electron chi connectivity index (χ4n) is 4.05. The molecule has 2 aliphatic rings. The molecule has 6 nitrogen and oxygen atoms in total. The average molecular weight is 378 g/mol. The zero-order chi connectivity index (χ0) is 19.5. The van der Waals surface area contributed by atoms with Gasteiger partial charge in [-0.25, -0.2) is 0 Å². The maximum Gasteiger partial charge on any atom is 0.228 e. The van der Waals surface area contributed by atoms with Crippen molar-refractivity contribution in [2.75, 3.05) is 37.6 Å². The molecule has 2 fully saturated rings. The van der Waals surface area contributed by atoms with Gasteiger partial charge in [0.05, 0.1) is 18.2 Å². The Morgan fingerprint density at radius 3 is 2.64 bits per heavy atom. The third kappa shape index (κ3) is 4.01. The van der Waals surface area contributed by atoms with E-state index in [-0.39, 0.29) is 17.7 Å². The molecule has 0 bridgehead atoms. The zero-order valence-electron chi connectivity index (χ0n) is 16.3. The summed E-state index contributed by atoms with van der Waals surface area (Å²) in [6, 6.07) is 14.2. The lowest BCUT2D eigenvalue weighted by Gasteiger charge is -2.37. The summed E-state index contributed by atoms with van der Waals surface area (Å²) < 4.78 is 0. The van der Waals surface area contributed by atoms with Crippen molar-refractivity contribution in [3.63, 3.8) is 0 Å². The Bertz CT molecular complexity index is 847. The number of hydrogen-bond donors (Lipinski definition) is 0. The first-order chi connectivity index (χ1) is 13.6. The molecule has 0 saturated carbocycles. The Labute approximate surface area is 165 Å². The van der Waals surface area contributed by atoms with Gasteiger partial charge in [-0.05, 0) is 36.8 Å². The van der Waals surface area contributed by atoms with Crippen molar-refractivity contribution >= 4 is 17.5 Å². The summed E-state index contributed by atoms with van der Waals surface area (Å²) in [4.78, 5) is 35.6. The Balaban J connectivity index is 1.32. The number of aryl methyl sites for hydroxylation is 1. The summed E-state index contributed by atoms with van der Waals surface area (Å²) in [5, 5.41) is 0. The first-order valence-electron chi connectivity index (χ1n) is 9.88. The van der Waals surface area contributed by atoms with Crippen molar-refractivity contribution in [3.8, 4) is 0 Å². The number of hydrogen-bond acceptors (Lipinski definition) is 4. The molecular weight excluding hydrogens is 352 g/mol. The number of piperazine rings is 1. The van der Waals surface area contributed by atoms with Crippen molar-refractivity contribution in [2.45, 2.75) is 19.9 Å². The van der Waals surface area contributed by atoms with E-state index in [1.165, 1.54) is 11.3 Å². The molecule has 1 atom stereocenters. The highest BCUT2D eigenvalue weighted by Crippen LogP contribution is 2.24. The largest absolute Gasteiger partial charge is 0.368 e. The number of benzene rings is 1. The molecule has 0 spiro atoms. The topological polar surface area (TPSA) is 56.8 Å². The fraction of sp³-hybridized carbons (Fsp3) is 0.409. The Hall–Kier alpha value is -2.89. The van der Waals surface area contributed by atoms with Crippen LogP contribution in [0.15, 0.2) is 48.7 Å². The van der Waals surface area contributed by atoms with Crippen LogP contribution in [0.4, 0.5) is 5.69 Å². The predicted octanol–water partition coefficient (Wildman–Crippen LogP) is 2.09. The Morgan fingerprint density at radius 1 is 1.11 bits per heavy atom. The number of rotatable bonds is 4. The van der Waals surface area contributed by atoms with Crippen molar-refractivity contribution in [3.05, 3.63) is 59.9 Å². The average Bonchev–Trinajstić information content (AvgIpc) is 3.08. The van der Waals surface area contributed by atoms with Gasteiger partial charge in [-0.15, -0.1) is 0 Å². The monoisotopic (exact) mass is 378 g/mol. The van der Waals surface area contributed by atoms with Gasteiger partial charge >= 0.3 is 0 Å². The number of carbonyl (C=O) groups is 2. The molecule has 1 aromatic carbocycles. The number of aromatic nitrogens is 1. The molecule has 6 heteroatoms.